The van der Waals surface area contributed by atoms with E-state index >= 15 is 0 Å². The fourth-order valence-electron chi connectivity index (χ4n) is 0.727. The molecule has 0 unspecified atom stereocenters. The predicted molar refractivity (Wildman–Crippen MR) is 49.5 cm³/mol. The second kappa shape index (κ2) is 4.16. The van der Waals surface area contributed by atoms with Gasteiger partial charge in [0.25, 0.3) is 0 Å². The summed E-state index contributed by atoms with van der Waals surface area (Å²) in [5.41, 5.74) is 0. The third kappa shape index (κ3) is 2.96. The summed E-state index contributed by atoms with van der Waals surface area (Å²) in [6, 6.07) is 6.82. The third-order valence-corrected chi connectivity index (χ3v) is 2.44. The van der Waals surface area contributed by atoms with Crippen molar-refractivity contribution in [3.8, 4) is 5.75 Å². The van der Waals surface area contributed by atoms with Gasteiger partial charge in [0.2, 0.25) is 0 Å². The largest absolute Gasteiger partial charge is 0.508 e. The summed E-state index contributed by atoms with van der Waals surface area (Å²) < 4.78 is 0. The molecule has 1 aromatic rings. The average Bonchev–Trinajstić information content (AvgIpc) is 2.03. The predicted octanol–water partition coefficient (Wildman–Crippen LogP) is 2.07. The first-order valence-electron chi connectivity index (χ1n) is 3.60. The molecule has 0 amide bonds. The summed E-state index contributed by atoms with van der Waals surface area (Å²) in [5.74, 6) is 0.903. The minimum absolute atomic E-state index is 0.160. The van der Waals surface area contributed by atoms with Crippen molar-refractivity contribution in [2.45, 2.75) is 11.8 Å². The number of phenolic OH excluding ortho intramolecular Hbond substituents is 1. The van der Waals surface area contributed by atoms with Crippen LogP contribution in [-0.4, -0.2) is 16.6 Å². The lowest BCUT2D eigenvalue weighted by Crippen LogP contribution is -1.92. The molecule has 0 saturated heterocycles. The van der Waals surface area contributed by atoms with Gasteiger partial charge in [-0.05, 0) is 31.2 Å². The lowest BCUT2D eigenvalue weighted by Gasteiger charge is -1.97. The molecule has 12 heavy (non-hydrogen) atoms. The molecule has 0 spiro atoms. The number of thioether (sulfide) groups is 1. The quantitative estimate of drug-likeness (QED) is 0.727. The summed E-state index contributed by atoms with van der Waals surface area (Å²) in [4.78, 5) is 11.6. The lowest BCUT2D eigenvalue weighted by atomic mass is 10.3. The zero-order valence-electron chi connectivity index (χ0n) is 6.78. The minimum Gasteiger partial charge on any atom is -0.508 e. The molecule has 64 valence electrons. The van der Waals surface area contributed by atoms with E-state index in [-0.39, 0.29) is 11.5 Å². The molecular weight excluding hydrogens is 172 g/mol. The number of aromatic hydroxyl groups is 1. The van der Waals surface area contributed by atoms with E-state index in [1.165, 1.54) is 11.8 Å². The summed E-state index contributed by atoms with van der Waals surface area (Å²) in [6.45, 7) is 1.56. The van der Waals surface area contributed by atoms with Gasteiger partial charge in [0.05, 0.1) is 5.75 Å². The first-order chi connectivity index (χ1) is 5.68. The molecule has 0 atom stereocenters. The van der Waals surface area contributed by atoms with E-state index in [9.17, 15) is 4.79 Å². The van der Waals surface area contributed by atoms with Gasteiger partial charge >= 0.3 is 0 Å². The molecule has 0 saturated carbocycles. The molecule has 0 fully saturated rings. The van der Waals surface area contributed by atoms with Crippen molar-refractivity contribution in [2.75, 3.05) is 5.75 Å². The Hall–Kier alpha value is -0.960. The summed E-state index contributed by atoms with van der Waals surface area (Å²) in [6.07, 6.45) is 0. The van der Waals surface area contributed by atoms with Gasteiger partial charge in [-0.3, -0.25) is 4.79 Å². The summed E-state index contributed by atoms with van der Waals surface area (Å²) in [7, 11) is 0. The first kappa shape index (κ1) is 9.13. The number of hydrogen-bond acceptors (Lipinski definition) is 3. The number of rotatable bonds is 3. The van der Waals surface area contributed by atoms with Crippen molar-refractivity contribution in [3.05, 3.63) is 24.3 Å². The highest BCUT2D eigenvalue weighted by Gasteiger charge is 1.96. The molecule has 1 rings (SSSR count). The molecule has 1 N–H and O–H groups in total. The number of carbonyl (C=O) groups is 1. The normalized spacial score (nSPS) is 9.75. The van der Waals surface area contributed by atoms with Crippen molar-refractivity contribution in [2.24, 2.45) is 0 Å². The maximum atomic E-state index is 10.6. The number of ketones is 1. The Labute approximate surface area is 75.6 Å². The average molecular weight is 182 g/mol. The molecule has 0 aliphatic carbocycles. The van der Waals surface area contributed by atoms with E-state index in [0.717, 1.165) is 4.90 Å². The zero-order chi connectivity index (χ0) is 8.97. The van der Waals surface area contributed by atoms with Crippen molar-refractivity contribution < 1.29 is 9.90 Å². The smallest absolute Gasteiger partial charge is 0.140 e. The molecule has 0 radical (unpaired) electrons. The Balaban J connectivity index is 2.53. The highest BCUT2D eigenvalue weighted by molar-refractivity contribution is 8.00. The van der Waals surface area contributed by atoms with Crippen LogP contribution in [0.15, 0.2) is 29.2 Å². The third-order valence-electron chi connectivity index (χ3n) is 1.28. The van der Waals surface area contributed by atoms with Crippen molar-refractivity contribution in [3.63, 3.8) is 0 Å². The van der Waals surface area contributed by atoms with Crippen LogP contribution in [-0.2, 0) is 4.79 Å². The van der Waals surface area contributed by atoms with Gasteiger partial charge in [0, 0.05) is 4.90 Å². The van der Waals surface area contributed by atoms with Crippen molar-refractivity contribution in [1.29, 1.82) is 0 Å². The maximum Gasteiger partial charge on any atom is 0.140 e. The van der Waals surface area contributed by atoms with Crippen LogP contribution in [0.25, 0.3) is 0 Å². The topological polar surface area (TPSA) is 37.3 Å². The second-order valence-electron chi connectivity index (χ2n) is 2.48. The Morgan fingerprint density at radius 3 is 2.50 bits per heavy atom. The number of phenols is 1. The Morgan fingerprint density at radius 1 is 1.42 bits per heavy atom. The van der Waals surface area contributed by atoms with Gasteiger partial charge in [0.15, 0.2) is 0 Å². The molecular formula is C9H10O2S. The number of carbonyl (C=O) groups excluding carboxylic acids is 1. The number of hydrogen-bond donors (Lipinski definition) is 1. The van der Waals surface area contributed by atoms with Gasteiger partial charge < -0.3 is 5.11 Å². The van der Waals surface area contributed by atoms with Gasteiger partial charge in [-0.25, -0.2) is 0 Å². The molecule has 2 nitrogen and oxygen atoms in total. The van der Waals surface area contributed by atoms with Gasteiger partial charge in [0.1, 0.15) is 11.5 Å². The molecule has 0 heterocycles. The van der Waals surface area contributed by atoms with Crippen molar-refractivity contribution in [1.82, 2.24) is 0 Å². The van der Waals surface area contributed by atoms with Crippen LogP contribution in [0.1, 0.15) is 6.92 Å². The Morgan fingerprint density at radius 2 is 2.00 bits per heavy atom. The Kier molecular flexibility index (Phi) is 3.17. The van der Waals surface area contributed by atoms with E-state index in [1.807, 2.05) is 0 Å². The fraction of sp³-hybridized carbons (Fsp3) is 0.222. The van der Waals surface area contributed by atoms with Crippen LogP contribution in [0.5, 0.6) is 5.75 Å². The minimum atomic E-state index is 0.160. The molecule has 0 aliphatic heterocycles. The van der Waals surface area contributed by atoms with E-state index in [1.54, 1.807) is 31.2 Å². The SMILES string of the molecule is CC(=O)CSc1ccc(O)cc1. The second-order valence-corrected chi connectivity index (χ2v) is 3.53. The van der Waals surface area contributed by atoms with E-state index in [4.69, 9.17) is 5.11 Å². The lowest BCUT2D eigenvalue weighted by molar-refractivity contribution is -0.114. The first-order valence-corrected chi connectivity index (χ1v) is 4.58. The molecule has 0 aliphatic rings. The van der Waals surface area contributed by atoms with E-state index in [2.05, 4.69) is 0 Å². The molecule has 0 bridgehead atoms. The molecule has 0 aromatic heterocycles. The van der Waals surface area contributed by atoms with Crippen LogP contribution >= 0.6 is 11.8 Å². The summed E-state index contributed by atoms with van der Waals surface area (Å²) in [5, 5.41) is 8.96. The number of benzene rings is 1. The number of Topliss-reactive ketones (excluding diaryl/α,β-unsaturated/α-hetero) is 1. The van der Waals surface area contributed by atoms with Crippen molar-refractivity contribution >= 4 is 17.5 Å². The molecule has 3 heteroatoms. The Bertz CT molecular complexity index is 266. The van der Waals surface area contributed by atoms with Gasteiger partial charge in [-0.2, -0.15) is 0 Å². The fourth-order valence-corrected chi connectivity index (χ4v) is 1.43. The van der Waals surface area contributed by atoms with E-state index < -0.39 is 0 Å². The summed E-state index contributed by atoms with van der Waals surface area (Å²) >= 11 is 1.48. The van der Waals surface area contributed by atoms with E-state index in [0.29, 0.717) is 5.75 Å². The zero-order valence-corrected chi connectivity index (χ0v) is 7.60. The van der Waals surface area contributed by atoms with Crippen LogP contribution in [0, 0.1) is 0 Å². The monoisotopic (exact) mass is 182 g/mol. The van der Waals surface area contributed by atoms with Crippen LogP contribution in [0.2, 0.25) is 0 Å². The van der Waals surface area contributed by atoms with Crippen LogP contribution < -0.4 is 0 Å². The maximum absolute atomic E-state index is 10.6. The van der Waals surface area contributed by atoms with Gasteiger partial charge in [-0.1, -0.05) is 0 Å². The van der Waals surface area contributed by atoms with Gasteiger partial charge in [-0.15, -0.1) is 11.8 Å². The molecule has 1 aromatic carbocycles. The van der Waals surface area contributed by atoms with Crippen LogP contribution in [0.4, 0.5) is 0 Å². The standard InChI is InChI=1S/C9H10O2S/c1-7(10)6-12-9-4-2-8(11)3-5-9/h2-5,11H,6H2,1H3. The highest BCUT2D eigenvalue weighted by Crippen LogP contribution is 2.20. The van der Waals surface area contributed by atoms with Crippen LogP contribution in [0.3, 0.4) is 0 Å². The highest BCUT2D eigenvalue weighted by atomic mass is 32.2.